The number of allylic oxidation sites excluding steroid dienone is 3. The van der Waals surface area contributed by atoms with Gasteiger partial charge in [-0.15, -0.1) is 0 Å². The highest BCUT2D eigenvalue weighted by Gasteiger charge is 2.76. The summed E-state index contributed by atoms with van der Waals surface area (Å²) in [7, 11) is 0. The van der Waals surface area contributed by atoms with Gasteiger partial charge in [0, 0.05) is 5.92 Å². The van der Waals surface area contributed by atoms with Gasteiger partial charge in [-0.25, -0.2) is 0 Å². The van der Waals surface area contributed by atoms with E-state index in [1.807, 2.05) is 6.92 Å². The maximum Gasteiger partial charge on any atom is 0.183 e. The van der Waals surface area contributed by atoms with Gasteiger partial charge in [0.2, 0.25) is 0 Å². The van der Waals surface area contributed by atoms with Crippen molar-refractivity contribution in [1.29, 1.82) is 0 Å². The predicted octanol–water partition coefficient (Wildman–Crippen LogP) is 3.81. The standard InChI is InChI=1S/C21H28O4/c1-10(2)12-8-21-13(19(12,5)6)9-20(7,18(21)25)16(23)14(17(21)24)15(22)11(3)4/h11-13,24H,1,8-9H2,2-7H3/t12-,13-,20-,21+/m0/s1. The summed E-state index contributed by atoms with van der Waals surface area (Å²) in [4.78, 5) is 39.1. The van der Waals surface area contributed by atoms with Crippen molar-refractivity contribution in [3.8, 4) is 0 Å². The molecule has 0 heterocycles. The second-order valence-electron chi connectivity index (χ2n) is 9.39. The SMILES string of the molecule is C=C(C)[C@@H]1C[C@@]23C(=O)[C@@](C)(C[C@H]2C1(C)C)C(=O)C(C(=O)C(C)C)=C3O. The van der Waals surface area contributed by atoms with Crippen LogP contribution in [0.4, 0.5) is 0 Å². The first-order chi connectivity index (χ1) is 11.3. The molecule has 0 radical (unpaired) electrons. The van der Waals surface area contributed by atoms with Crippen LogP contribution in [-0.2, 0) is 14.4 Å². The van der Waals surface area contributed by atoms with E-state index in [-0.39, 0.29) is 40.1 Å². The number of rotatable bonds is 3. The van der Waals surface area contributed by atoms with Gasteiger partial charge in [0.1, 0.15) is 11.3 Å². The van der Waals surface area contributed by atoms with Crippen molar-refractivity contribution in [2.75, 3.05) is 0 Å². The Morgan fingerprint density at radius 2 is 1.76 bits per heavy atom. The van der Waals surface area contributed by atoms with Crippen molar-refractivity contribution in [1.82, 2.24) is 0 Å². The summed E-state index contributed by atoms with van der Waals surface area (Å²) in [5.74, 6) is -1.83. The Bertz CT molecular complexity index is 754. The molecule has 3 rings (SSSR count). The fourth-order valence-electron chi connectivity index (χ4n) is 5.78. The Hall–Kier alpha value is -1.71. The Kier molecular flexibility index (Phi) is 3.56. The number of carbonyl (C=O) groups is 3. The predicted molar refractivity (Wildman–Crippen MR) is 94.9 cm³/mol. The lowest BCUT2D eigenvalue weighted by Crippen LogP contribution is -2.48. The maximum absolute atomic E-state index is 13.4. The third kappa shape index (κ3) is 1.86. The van der Waals surface area contributed by atoms with Crippen molar-refractivity contribution in [3.05, 3.63) is 23.5 Å². The minimum absolute atomic E-state index is 0.0664. The molecule has 0 amide bonds. The second-order valence-corrected chi connectivity index (χ2v) is 9.39. The van der Waals surface area contributed by atoms with Crippen LogP contribution in [0.15, 0.2) is 23.5 Å². The summed E-state index contributed by atoms with van der Waals surface area (Å²) in [5.41, 5.74) is -1.74. The van der Waals surface area contributed by atoms with Gasteiger partial charge in [-0.2, -0.15) is 0 Å². The molecule has 136 valence electrons. The molecule has 3 aliphatic carbocycles. The average molecular weight is 344 g/mol. The topological polar surface area (TPSA) is 71.4 Å². The molecule has 4 nitrogen and oxygen atoms in total. The summed E-state index contributed by atoms with van der Waals surface area (Å²) in [6.45, 7) is 15.3. The first kappa shape index (κ1) is 18.1. The Morgan fingerprint density at radius 3 is 2.24 bits per heavy atom. The zero-order valence-electron chi connectivity index (χ0n) is 16.0. The highest BCUT2D eigenvalue weighted by molar-refractivity contribution is 6.32. The van der Waals surface area contributed by atoms with Gasteiger partial charge in [0.15, 0.2) is 17.3 Å². The van der Waals surface area contributed by atoms with E-state index in [0.29, 0.717) is 12.8 Å². The summed E-state index contributed by atoms with van der Waals surface area (Å²) in [6, 6.07) is 0. The van der Waals surface area contributed by atoms with Gasteiger partial charge in [-0.3, -0.25) is 14.4 Å². The van der Waals surface area contributed by atoms with Crippen molar-refractivity contribution in [2.45, 2.75) is 54.4 Å². The molecular formula is C21H28O4. The van der Waals surface area contributed by atoms with Crippen LogP contribution in [0.5, 0.6) is 0 Å². The molecule has 0 aromatic rings. The Labute approximate surface area is 149 Å². The molecule has 2 bridgehead atoms. The molecule has 2 fully saturated rings. The molecule has 0 aliphatic heterocycles. The van der Waals surface area contributed by atoms with Crippen LogP contribution in [0.2, 0.25) is 0 Å². The number of hydrogen-bond acceptors (Lipinski definition) is 4. The monoisotopic (exact) mass is 344 g/mol. The van der Waals surface area contributed by atoms with Crippen LogP contribution in [0.25, 0.3) is 0 Å². The van der Waals surface area contributed by atoms with E-state index < -0.39 is 22.5 Å². The van der Waals surface area contributed by atoms with Crippen molar-refractivity contribution < 1.29 is 19.5 Å². The summed E-state index contributed by atoms with van der Waals surface area (Å²) >= 11 is 0. The third-order valence-electron chi connectivity index (χ3n) is 7.19. The van der Waals surface area contributed by atoms with Gasteiger partial charge in [-0.1, -0.05) is 39.8 Å². The second kappa shape index (κ2) is 4.93. The molecule has 1 spiro atoms. The van der Waals surface area contributed by atoms with Crippen LogP contribution in [0, 0.1) is 34.0 Å². The largest absolute Gasteiger partial charge is 0.510 e. The molecule has 2 saturated carbocycles. The van der Waals surface area contributed by atoms with Crippen molar-refractivity contribution >= 4 is 17.3 Å². The minimum atomic E-state index is -1.20. The van der Waals surface area contributed by atoms with Crippen molar-refractivity contribution in [3.63, 3.8) is 0 Å². The van der Waals surface area contributed by atoms with Gasteiger partial charge in [0.25, 0.3) is 0 Å². The zero-order chi connectivity index (χ0) is 19.1. The zero-order valence-corrected chi connectivity index (χ0v) is 16.0. The molecular weight excluding hydrogens is 316 g/mol. The lowest BCUT2D eigenvalue weighted by atomic mass is 9.65. The Balaban J connectivity index is 2.31. The number of fused-ring (bicyclic) bond motifs is 1. The molecule has 4 atom stereocenters. The normalized spacial score (nSPS) is 39.2. The van der Waals surface area contributed by atoms with Crippen LogP contribution >= 0.6 is 0 Å². The van der Waals surface area contributed by atoms with Crippen LogP contribution < -0.4 is 0 Å². The summed E-state index contributed by atoms with van der Waals surface area (Å²) < 4.78 is 0. The van der Waals surface area contributed by atoms with E-state index in [9.17, 15) is 19.5 Å². The quantitative estimate of drug-likeness (QED) is 0.480. The summed E-state index contributed by atoms with van der Waals surface area (Å²) in [6.07, 6.45) is 0.822. The fourth-order valence-corrected chi connectivity index (χ4v) is 5.78. The fraction of sp³-hybridized carbons (Fsp3) is 0.667. The number of ketones is 3. The van der Waals surface area contributed by atoms with E-state index in [4.69, 9.17) is 0 Å². The van der Waals surface area contributed by atoms with Crippen LogP contribution in [0.3, 0.4) is 0 Å². The van der Waals surface area contributed by atoms with Crippen molar-refractivity contribution in [2.24, 2.45) is 34.0 Å². The number of aliphatic hydroxyl groups is 1. The molecule has 1 N–H and O–H groups in total. The first-order valence-corrected chi connectivity index (χ1v) is 9.06. The van der Waals surface area contributed by atoms with Gasteiger partial charge < -0.3 is 5.11 Å². The molecule has 0 saturated heterocycles. The van der Waals surface area contributed by atoms with E-state index in [2.05, 4.69) is 20.4 Å². The molecule has 4 heteroatoms. The highest BCUT2D eigenvalue weighted by atomic mass is 16.3. The van der Waals surface area contributed by atoms with E-state index in [0.717, 1.165) is 5.57 Å². The maximum atomic E-state index is 13.4. The minimum Gasteiger partial charge on any atom is -0.510 e. The average Bonchev–Trinajstić information content (AvgIpc) is 2.85. The Morgan fingerprint density at radius 1 is 1.20 bits per heavy atom. The number of carbonyl (C=O) groups excluding carboxylic acids is 3. The third-order valence-corrected chi connectivity index (χ3v) is 7.19. The van der Waals surface area contributed by atoms with Crippen LogP contribution in [-0.4, -0.2) is 22.5 Å². The van der Waals surface area contributed by atoms with Gasteiger partial charge in [0.05, 0.1) is 10.8 Å². The number of aliphatic hydroxyl groups excluding tert-OH is 1. The first-order valence-electron chi connectivity index (χ1n) is 9.06. The van der Waals surface area contributed by atoms with E-state index in [1.165, 1.54) is 0 Å². The van der Waals surface area contributed by atoms with Gasteiger partial charge >= 0.3 is 0 Å². The summed E-state index contributed by atoms with van der Waals surface area (Å²) in [5, 5.41) is 11.1. The molecule has 0 aromatic heterocycles. The van der Waals surface area contributed by atoms with Crippen LogP contribution in [0.1, 0.15) is 54.4 Å². The smallest absolute Gasteiger partial charge is 0.183 e. The van der Waals surface area contributed by atoms with E-state index >= 15 is 0 Å². The highest BCUT2D eigenvalue weighted by Crippen LogP contribution is 2.72. The number of Topliss-reactive ketones (excluding diaryl/α,β-unsaturated/α-hetero) is 3. The number of hydrogen-bond donors (Lipinski definition) is 1. The lowest BCUT2D eigenvalue weighted by molar-refractivity contribution is -0.143. The molecule has 25 heavy (non-hydrogen) atoms. The lowest BCUT2D eigenvalue weighted by Gasteiger charge is -2.36. The van der Waals surface area contributed by atoms with E-state index in [1.54, 1.807) is 20.8 Å². The molecule has 0 unspecified atom stereocenters. The molecule has 0 aromatic carbocycles. The van der Waals surface area contributed by atoms with Gasteiger partial charge in [-0.05, 0) is 43.9 Å². The molecule has 3 aliphatic rings.